The second-order valence-electron chi connectivity index (χ2n) is 11.3. The van der Waals surface area contributed by atoms with Gasteiger partial charge >= 0.3 is 11.9 Å². The molecule has 1 N–H and O–H groups in total. The highest BCUT2D eigenvalue weighted by Crippen LogP contribution is 2.22. The van der Waals surface area contributed by atoms with Crippen LogP contribution in [-0.4, -0.2) is 35.9 Å². The first kappa shape index (κ1) is 36.5. The predicted octanol–water partition coefficient (Wildman–Crippen LogP) is 10.7. The molecule has 0 fully saturated rings. The van der Waals surface area contributed by atoms with Crippen LogP contribution < -0.4 is 4.74 Å². The number of carbonyl (C=O) groups excluding carboxylic acids is 1. The van der Waals surface area contributed by atoms with E-state index in [1.54, 1.807) is 6.92 Å². The Morgan fingerprint density at radius 2 is 1.25 bits per heavy atom. The fraction of sp³-hybridized carbons (Fsp3) is 0.474. The molecule has 0 radical (unpaired) electrons. The van der Waals surface area contributed by atoms with Crippen LogP contribution in [0.2, 0.25) is 0 Å². The Morgan fingerprint density at radius 1 is 0.705 bits per heavy atom. The molecule has 240 valence electrons. The Bertz CT molecular complexity index is 1180. The van der Waals surface area contributed by atoms with Gasteiger partial charge in [-0.15, -0.1) is 0 Å². The van der Waals surface area contributed by atoms with E-state index in [9.17, 15) is 14.0 Å². The van der Waals surface area contributed by atoms with E-state index in [0.29, 0.717) is 6.42 Å². The summed E-state index contributed by atoms with van der Waals surface area (Å²) in [6, 6.07) is 24.3. The van der Waals surface area contributed by atoms with Crippen molar-refractivity contribution in [3.63, 3.8) is 0 Å². The minimum atomic E-state index is -1.06. The Morgan fingerprint density at radius 3 is 1.84 bits per heavy atom. The summed E-state index contributed by atoms with van der Waals surface area (Å²) in [5, 5.41) is 8.77. The van der Waals surface area contributed by atoms with Crippen molar-refractivity contribution in [3.8, 4) is 16.9 Å². The lowest BCUT2D eigenvalue weighted by atomic mass is 10.1. The number of benzene rings is 3. The van der Waals surface area contributed by atoms with E-state index in [1.165, 1.54) is 80.3 Å². The maximum atomic E-state index is 13.6. The molecule has 0 aliphatic heterocycles. The normalized spacial score (nSPS) is 12.0. The number of carbonyl (C=O) groups is 2. The van der Waals surface area contributed by atoms with Crippen LogP contribution in [0, 0.1) is 0 Å². The van der Waals surface area contributed by atoms with Crippen molar-refractivity contribution in [2.45, 2.75) is 110 Å². The SMILES string of the molecule is CCCCC(F)CC(C)OC(=O)c1ccc(C(=O)O)cc1.CCCCCCCCCCOc1ccc(-c2ccccc2)cc1. The van der Waals surface area contributed by atoms with Crippen LogP contribution >= 0.6 is 0 Å². The number of hydrogen-bond acceptors (Lipinski definition) is 4. The lowest BCUT2D eigenvalue weighted by Gasteiger charge is -2.15. The van der Waals surface area contributed by atoms with Gasteiger partial charge in [0.05, 0.1) is 17.7 Å². The fourth-order valence-electron chi connectivity index (χ4n) is 4.75. The number of aromatic carboxylic acids is 1. The monoisotopic (exact) mass is 606 g/mol. The zero-order chi connectivity index (χ0) is 32.0. The fourth-order valence-corrected chi connectivity index (χ4v) is 4.75. The molecule has 0 saturated heterocycles. The highest BCUT2D eigenvalue weighted by molar-refractivity contribution is 5.92. The topological polar surface area (TPSA) is 72.8 Å². The Hall–Kier alpha value is -3.67. The van der Waals surface area contributed by atoms with Crippen molar-refractivity contribution in [3.05, 3.63) is 90.0 Å². The molecule has 5 nitrogen and oxygen atoms in total. The van der Waals surface area contributed by atoms with E-state index in [1.807, 2.05) is 13.0 Å². The molecular formula is C38H51FO5. The molecule has 0 aliphatic rings. The summed E-state index contributed by atoms with van der Waals surface area (Å²) in [4.78, 5) is 22.5. The standard InChI is InChI=1S/C22H30O.C16H21FO4/c1-2-3-4-5-6-7-8-12-19-23-22-17-15-21(16-18-22)20-13-10-9-11-14-20;1-3-4-5-14(17)10-11(2)21-16(20)13-8-6-12(7-9-13)15(18)19/h9-11,13-18H,2-8,12,19H2,1H3;6-9,11,14H,3-5,10H2,1-2H3,(H,18,19). The average Bonchev–Trinajstić information content (AvgIpc) is 3.04. The van der Waals surface area contributed by atoms with E-state index in [4.69, 9.17) is 14.6 Å². The van der Waals surface area contributed by atoms with E-state index in [-0.39, 0.29) is 17.5 Å². The van der Waals surface area contributed by atoms with Crippen LogP contribution in [0.15, 0.2) is 78.9 Å². The minimum Gasteiger partial charge on any atom is -0.494 e. The van der Waals surface area contributed by atoms with E-state index < -0.39 is 24.2 Å². The molecule has 0 saturated carbocycles. The number of unbranched alkanes of at least 4 members (excludes halogenated alkanes) is 8. The van der Waals surface area contributed by atoms with Crippen LogP contribution in [0.25, 0.3) is 11.1 Å². The molecule has 0 bridgehead atoms. The van der Waals surface area contributed by atoms with E-state index >= 15 is 0 Å². The molecule has 3 rings (SSSR count). The molecule has 0 spiro atoms. The molecule has 0 aromatic heterocycles. The average molecular weight is 607 g/mol. The van der Waals surface area contributed by atoms with Crippen LogP contribution in [-0.2, 0) is 4.74 Å². The van der Waals surface area contributed by atoms with Gasteiger partial charge < -0.3 is 14.6 Å². The minimum absolute atomic E-state index is 0.1000. The van der Waals surface area contributed by atoms with Crippen LogP contribution in [0.4, 0.5) is 4.39 Å². The van der Waals surface area contributed by atoms with Gasteiger partial charge in [0.25, 0.3) is 0 Å². The second-order valence-corrected chi connectivity index (χ2v) is 11.3. The highest BCUT2D eigenvalue weighted by Gasteiger charge is 2.17. The van der Waals surface area contributed by atoms with Crippen molar-refractivity contribution >= 4 is 11.9 Å². The number of rotatable bonds is 19. The predicted molar refractivity (Wildman–Crippen MR) is 177 cm³/mol. The van der Waals surface area contributed by atoms with Gasteiger partial charge in [0.1, 0.15) is 18.0 Å². The molecular weight excluding hydrogens is 555 g/mol. The van der Waals surface area contributed by atoms with Gasteiger partial charge in [-0.05, 0) is 67.3 Å². The first-order valence-corrected chi connectivity index (χ1v) is 16.3. The molecule has 6 heteroatoms. The van der Waals surface area contributed by atoms with Gasteiger partial charge in [-0.3, -0.25) is 0 Å². The number of esters is 1. The first-order valence-electron chi connectivity index (χ1n) is 16.3. The Balaban J connectivity index is 0.000000308. The summed E-state index contributed by atoms with van der Waals surface area (Å²) in [5.41, 5.74) is 2.85. The zero-order valence-corrected chi connectivity index (χ0v) is 26.8. The van der Waals surface area contributed by atoms with Gasteiger partial charge in [0.2, 0.25) is 0 Å². The molecule has 0 aliphatic carbocycles. The quantitative estimate of drug-likeness (QED) is 0.109. The van der Waals surface area contributed by atoms with Crippen LogP contribution in [0.5, 0.6) is 5.75 Å². The number of halogens is 1. The van der Waals surface area contributed by atoms with Crippen molar-refractivity contribution in [1.82, 2.24) is 0 Å². The van der Waals surface area contributed by atoms with Crippen molar-refractivity contribution in [2.75, 3.05) is 6.61 Å². The molecule has 3 aromatic rings. The summed E-state index contributed by atoms with van der Waals surface area (Å²) in [6.07, 6.45) is 11.6. The van der Waals surface area contributed by atoms with Crippen LogP contribution in [0.3, 0.4) is 0 Å². The summed E-state index contributed by atoms with van der Waals surface area (Å²) in [6.45, 7) is 6.75. The molecule has 2 atom stereocenters. The zero-order valence-electron chi connectivity index (χ0n) is 26.8. The first-order chi connectivity index (χ1) is 21.3. The number of alkyl halides is 1. The lowest BCUT2D eigenvalue weighted by Crippen LogP contribution is -2.19. The molecule has 2 unspecified atom stereocenters. The number of ether oxygens (including phenoxy) is 2. The Kier molecular flexibility index (Phi) is 18.2. The number of carboxylic acid groups (broad SMARTS) is 1. The van der Waals surface area contributed by atoms with Crippen molar-refractivity contribution in [1.29, 1.82) is 0 Å². The maximum Gasteiger partial charge on any atom is 0.338 e. The third-order valence-electron chi connectivity index (χ3n) is 7.36. The lowest BCUT2D eigenvalue weighted by molar-refractivity contribution is 0.0266. The summed E-state index contributed by atoms with van der Waals surface area (Å²) in [5.74, 6) is -0.644. The maximum absolute atomic E-state index is 13.6. The van der Waals surface area contributed by atoms with Crippen LogP contribution in [0.1, 0.15) is 119 Å². The molecule has 44 heavy (non-hydrogen) atoms. The third-order valence-corrected chi connectivity index (χ3v) is 7.36. The van der Waals surface area contributed by atoms with Gasteiger partial charge in [0.15, 0.2) is 0 Å². The van der Waals surface area contributed by atoms with E-state index in [0.717, 1.165) is 31.6 Å². The highest BCUT2D eigenvalue weighted by atomic mass is 19.1. The Labute approximate surface area is 263 Å². The molecule has 3 aromatic carbocycles. The largest absolute Gasteiger partial charge is 0.494 e. The number of hydrogen-bond donors (Lipinski definition) is 1. The molecule has 0 heterocycles. The van der Waals surface area contributed by atoms with Crippen molar-refractivity contribution < 1.29 is 28.6 Å². The second kappa shape index (κ2) is 21.9. The van der Waals surface area contributed by atoms with Gasteiger partial charge in [-0.1, -0.05) is 114 Å². The van der Waals surface area contributed by atoms with Crippen molar-refractivity contribution in [2.24, 2.45) is 0 Å². The summed E-state index contributed by atoms with van der Waals surface area (Å²) in [7, 11) is 0. The molecule has 0 amide bonds. The van der Waals surface area contributed by atoms with Gasteiger partial charge in [-0.2, -0.15) is 0 Å². The number of carboxylic acids is 1. The third kappa shape index (κ3) is 15.2. The van der Waals surface area contributed by atoms with Gasteiger partial charge in [0, 0.05) is 6.42 Å². The summed E-state index contributed by atoms with van der Waals surface area (Å²) >= 11 is 0. The van der Waals surface area contributed by atoms with Gasteiger partial charge in [-0.25, -0.2) is 14.0 Å². The summed E-state index contributed by atoms with van der Waals surface area (Å²) < 4.78 is 24.6. The smallest absolute Gasteiger partial charge is 0.338 e. The van der Waals surface area contributed by atoms with E-state index in [2.05, 4.69) is 55.5 Å².